The summed E-state index contributed by atoms with van der Waals surface area (Å²) in [6, 6.07) is 15.6. The summed E-state index contributed by atoms with van der Waals surface area (Å²) >= 11 is 1.99. The Morgan fingerprint density at radius 2 is 1.65 bits per heavy atom. The van der Waals surface area contributed by atoms with Gasteiger partial charge in [0, 0.05) is 34.4 Å². The molecule has 0 bridgehead atoms. The minimum atomic E-state index is 0.460. The van der Waals surface area contributed by atoms with Gasteiger partial charge in [-0.25, -0.2) is 0 Å². The van der Waals surface area contributed by atoms with Crippen molar-refractivity contribution >= 4 is 17.0 Å². The number of benzene rings is 1. The minimum Gasteiger partial charge on any atom is -0.382 e. The normalized spacial score (nSPS) is 17.6. The van der Waals surface area contributed by atoms with Crippen LogP contribution in [-0.2, 0) is 13.0 Å². The van der Waals surface area contributed by atoms with Gasteiger partial charge >= 0.3 is 0 Å². The van der Waals surface area contributed by atoms with Crippen molar-refractivity contribution in [3.8, 4) is 0 Å². The van der Waals surface area contributed by atoms with Gasteiger partial charge in [-0.1, -0.05) is 31.0 Å². The second kappa shape index (κ2) is 8.51. The molecule has 1 fully saturated rings. The van der Waals surface area contributed by atoms with Crippen molar-refractivity contribution in [2.45, 2.75) is 51.6 Å². The minimum absolute atomic E-state index is 0.460. The molecular formula is C20H28N2S. The van der Waals surface area contributed by atoms with Crippen molar-refractivity contribution in [2.75, 3.05) is 18.4 Å². The standard InChI is InChI=1S/C20H28N2S/c1-17(21-18-9-5-4-6-10-18)15-19-11-12-20(23-19)16-22-13-7-2-3-8-14-22/h4-6,9-12,17,21H,2-3,7-8,13-16H2,1H3. The lowest BCUT2D eigenvalue weighted by atomic mass is 10.2. The van der Waals surface area contributed by atoms with Gasteiger partial charge < -0.3 is 5.32 Å². The summed E-state index contributed by atoms with van der Waals surface area (Å²) in [5.74, 6) is 0. The topological polar surface area (TPSA) is 15.3 Å². The van der Waals surface area contributed by atoms with Crippen LogP contribution < -0.4 is 5.32 Å². The molecule has 23 heavy (non-hydrogen) atoms. The molecule has 1 saturated heterocycles. The van der Waals surface area contributed by atoms with E-state index in [4.69, 9.17) is 0 Å². The van der Waals surface area contributed by atoms with Gasteiger partial charge in [0.05, 0.1) is 0 Å². The van der Waals surface area contributed by atoms with Crippen molar-refractivity contribution in [3.63, 3.8) is 0 Å². The summed E-state index contributed by atoms with van der Waals surface area (Å²) in [7, 11) is 0. The third-order valence-corrected chi connectivity index (χ3v) is 5.58. The second-order valence-corrected chi connectivity index (χ2v) is 7.93. The first-order valence-electron chi connectivity index (χ1n) is 8.91. The molecule has 124 valence electrons. The molecule has 1 aliphatic heterocycles. The Bertz CT molecular complexity index is 570. The number of nitrogens with one attached hydrogen (secondary N) is 1. The Morgan fingerprint density at radius 3 is 2.39 bits per heavy atom. The predicted molar refractivity (Wildman–Crippen MR) is 101 cm³/mol. The van der Waals surface area contributed by atoms with Crippen LogP contribution in [0.1, 0.15) is 42.4 Å². The highest BCUT2D eigenvalue weighted by molar-refractivity contribution is 7.11. The van der Waals surface area contributed by atoms with Crippen LogP contribution in [0.5, 0.6) is 0 Å². The molecule has 0 saturated carbocycles. The Hall–Kier alpha value is -1.32. The molecule has 2 nitrogen and oxygen atoms in total. The van der Waals surface area contributed by atoms with Gasteiger partial charge in [-0.05, 0) is 57.1 Å². The fraction of sp³-hybridized carbons (Fsp3) is 0.500. The van der Waals surface area contributed by atoms with E-state index in [9.17, 15) is 0 Å². The highest BCUT2D eigenvalue weighted by Gasteiger charge is 2.12. The zero-order valence-corrected chi connectivity index (χ0v) is 14.9. The van der Waals surface area contributed by atoms with Crippen LogP contribution in [0.2, 0.25) is 0 Å². The highest BCUT2D eigenvalue weighted by Crippen LogP contribution is 2.22. The average molecular weight is 329 g/mol. The van der Waals surface area contributed by atoms with Crippen molar-refractivity contribution in [3.05, 3.63) is 52.2 Å². The van der Waals surface area contributed by atoms with Crippen LogP contribution in [0, 0.1) is 0 Å². The van der Waals surface area contributed by atoms with Gasteiger partial charge in [-0.3, -0.25) is 4.90 Å². The number of nitrogens with zero attached hydrogens (tertiary/aromatic N) is 1. The lowest BCUT2D eigenvalue weighted by molar-refractivity contribution is 0.279. The van der Waals surface area contributed by atoms with Crippen molar-refractivity contribution in [1.29, 1.82) is 0 Å². The molecule has 1 aromatic carbocycles. The first-order valence-corrected chi connectivity index (χ1v) is 9.73. The third kappa shape index (κ3) is 5.36. The molecule has 1 N–H and O–H groups in total. The predicted octanol–water partition coefficient (Wildman–Crippen LogP) is 5.17. The molecule has 0 amide bonds. The molecule has 1 aromatic heterocycles. The Kier molecular flexibility index (Phi) is 6.12. The van der Waals surface area contributed by atoms with Gasteiger partial charge in [0.1, 0.15) is 0 Å². The average Bonchev–Trinajstić information content (AvgIpc) is 2.81. The Morgan fingerprint density at radius 1 is 0.957 bits per heavy atom. The lowest BCUT2D eigenvalue weighted by Crippen LogP contribution is -2.23. The van der Waals surface area contributed by atoms with E-state index < -0.39 is 0 Å². The number of hydrogen-bond donors (Lipinski definition) is 1. The van der Waals surface area contributed by atoms with E-state index in [0.29, 0.717) is 6.04 Å². The van der Waals surface area contributed by atoms with Crippen LogP contribution in [-0.4, -0.2) is 24.0 Å². The van der Waals surface area contributed by atoms with E-state index in [1.54, 1.807) is 0 Å². The van der Waals surface area contributed by atoms with Crippen molar-refractivity contribution in [2.24, 2.45) is 0 Å². The number of hydrogen-bond acceptors (Lipinski definition) is 3. The van der Waals surface area contributed by atoms with E-state index in [1.165, 1.54) is 54.2 Å². The molecule has 1 aliphatic rings. The van der Waals surface area contributed by atoms with E-state index in [1.807, 2.05) is 11.3 Å². The summed E-state index contributed by atoms with van der Waals surface area (Å²) in [4.78, 5) is 5.65. The first-order chi connectivity index (χ1) is 11.3. The SMILES string of the molecule is CC(Cc1ccc(CN2CCCCCC2)s1)Nc1ccccc1. The molecule has 2 heterocycles. The maximum absolute atomic E-state index is 3.59. The summed E-state index contributed by atoms with van der Waals surface area (Å²) in [6.07, 6.45) is 6.66. The molecule has 0 radical (unpaired) electrons. The molecular weight excluding hydrogens is 300 g/mol. The van der Waals surface area contributed by atoms with Gasteiger partial charge in [-0.2, -0.15) is 0 Å². The fourth-order valence-corrected chi connectivity index (χ4v) is 4.49. The molecule has 1 atom stereocenters. The molecule has 1 unspecified atom stereocenters. The van der Waals surface area contributed by atoms with Crippen LogP contribution >= 0.6 is 11.3 Å². The monoisotopic (exact) mass is 328 g/mol. The number of likely N-dealkylation sites (tertiary alicyclic amines) is 1. The van der Waals surface area contributed by atoms with Crippen molar-refractivity contribution in [1.82, 2.24) is 4.90 Å². The molecule has 3 heteroatoms. The lowest BCUT2D eigenvalue weighted by Gasteiger charge is -2.18. The maximum atomic E-state index is 3.59. The van der Waals surface area contributed by atoms with Gasteiger partial charge in [0.25, 0.3) is 0 Å². The number of anilines is 1. The number of para-hydroxylation sites is 1. The van der Waals surface area contributed by atoms with E-state index in [2.05, 4.69) is 59.6 Å². The van der Waals surface area contributed by atoms with Crippen LogP contribution in [0.25, 0.3) is 0 Å². The Balaban J connectivity index is 1.50. The molecule has 2 aromatic rings. The maximum Gasteiger partial charge on any atom is 0.0342 e. The smallest absolute Gasteiger partial charge is 0.0342 e. The van der Waals surface area contributed by atoms with Gasteiger partial charge in [0.2, 0.25) is 0 Å². The van der Waals surface area contributed by atoms with E-state index in [-0.39, 0.29) is 0 Å². The Labute approximate surface area is 144 Å². The molecule has 0 spiro atoms. The van der Waals surface area contributed by atoms with Crippen LogP contribution in [0.4, 0.5) is 5.69 Å². The van der Waals surface area contributed by atoms with Crippen LogP contribution in [0.15, 0.2) is 42.5 Å². The van der Waals surface area contributed by atoms with E-state index >= 15 is 0 Å². The van der Waals surface area contributed by atoms with Crippen LogP contribution in [0.3, 0.4) is 0 Å². The molecule has 3 rings (SSSR count). The largest absolute Gasteiger partial charge is 0.382 e. The zero-order chi connectivity index (χ0) is 15.9. The summed E-state index contributed by atoms with van der Waals surface area (Å²) in [5, 5.41) is 3.59. The molecule has 0 aliphatic carbocycles. The van der Waals surface area contributed by atoms with E-state index in [0.717, 1.165) is 13.0 Å². The highest BCUT2D eigenvalue weighted by atomic mass is 32.1. The van der Waals surface area contributed by atoms with Gasteiger partial charge in [0.15, 0.2) is 0 Å². The number of thiophene rings is 1. The second-order valence-electron chi connectivity index (χ2n) is 6.67. The summed E-state index contributed by atoms with van der Waals surface area (Å²) in [5.41, 5.74) is 1.21. The third-order valence-electron chi connectivity index (χ3n) is 4.49. The number of rotatable bonds is 6. The fourth-order valence-electron chi connectivity index (χ4n) is 3.30. The van der Waals surface area contributed by atoms with Gasteiger partial charge in [-0.15, -0.1) is 11.3 Å². The first kappa shape index (κ1) is 16.5. The quantitative estimate of drug-likeness (QED) is 0.787. The summed E-state index contributed by atoms with van der Waals surface area (Å²) < 4.78 is 0. The van der Waals surface area contributed by atoms with Crippen molar-refractivity contribution < 1.29 is 0 Å². The zero-order valence-electron chi connectivity index (χ0n) is 14.1. The summed E-state index contributed by atoms with van der Waals surface area (Å²) in [6.45, 7) is 5.96.